The van der Waals surface area contributed by atoms with E-state index < -0.39 is 6.04 Å². The highest BCUT2D eigenvalue weighted by atomic mass is 32.2. The van der Waals surface area contributed by atoms with Crippen LogP contribution in [0.3, 0.4) is 0 Å². The number of aryl methyl sites for hydroxylation is 3. The molecule has 4 aromatic rings. The quantitative estimate of drug-likeness (QED) is 0.208. The molecule has 8 nitrogen and oxygen atoms in total. The Morgan fingerprint density at radius 2 is 1.60 bits per heavy atom. The lowest BCUT2D eigenvalue weighted by Crippen LogP contribution is -2.41. The van der Waals surface area contributed by atoms with Crippen molar-refractivity contribution in [1.29, 1.82) is 0 Å². The summed E-state index contributed by atoms with van der Waals surface area (Å²) in [7, 11) is 3.92. The molecule has 0 unspecified atom stereocenters. The Kier molecular flexibility index (Phi) is 9.50. The van der Waals surface area contributed by atoms with Crippen LogP contribution in [0.1, 0.15) is 34.1 Å². The maximum absolute atomic E-state index is 14.0. The fourth-order valence-electron chi connectivity index (χ4n) is 4.25. The van der Waals surface area contributed by atoms with Gasteiger partial charge in [-0.3, -0.25) is 14.6 Å². The molecule has 2 amide bonds. The lowest BCUT2D eigenvalue weighted by atomic mass is 10.0. The van der Waals surface area contributed by atoms with Crippen LogP contribution in [-0.4, -0.2) is 51.5 Å². The van der Waals surface area contributed by atoms with Crippen molar-refractivity contribution in [1.82, 2.24) is 19.9 Å². The molecule has 0 fully saturated rings. The van der Waals surface area contributed by atoms with E-state index in [0.717, 1.165) is 33.8 Å². The lowest BCUT2D eigenvalue weighted by Gasteiger charge is -2.31. The average Bonchev–Trinajstić information content (AvgIpc) is 2.93. The minimum absolute atomic E-state index is 0.0797. The van der Waals surface area contributed by atoms with Crippen LogP contribution in [0, 0.1) is 20.8 Å². The van der Waals surface area contributed by atoms with Crippen LogP contribution in [0.5, 0.6) is 0 Å². The van der Waals surface area contributed by atoms with Crippen LogP contribution < -0.4 is 10.2 Å². The first-order valence-electron chi connectivity index (χ1n) is 13.0. The molecule has 2 heterocycles. The third kappa shape index (κ3) is 7.66. The predicted molar refractivity (Wildman–Crippen MR) is 160 cm³/mol. The number of aromatic nitrogens is 3. The number of amides is 2. The van der Waals surface area contributed by atoms with Crippen molar-refractivity contribution >= 4 is 35.0 Å². The van der Waals surface area contributed by atoms with E-state index in [2.05, 4.69) is 20.3 Å². The summed E-state index contributed by atoms with van der Waals surface area (Å²) < 4.78 is 0. The summed E-state index contributed by atoms with van der Waals surface area (Å²) >= 11 is 1.27. The Labute approximate surface area is 239 Å². The maximum Gasteiger partial charge on any atom is 0.251 e. The van der Waals surface area contributed by atoms with Crippen LogP contribution in [0.2, 0.25) is 0 Å². The summed E-state index contributed by atoms with van der Waals surface area (Å²) in [5, 5.41) is 3.56. The van der Waals surface area contributed by atoms with Crippen molar-refractivity contribution in [2.75, 3.05) is 30.1 Å². The fraction of sp³-hybridized carbons (Fsp3) is 0.258. The van der Waals surface area contributed by atoms with E-state index in [0.29, 0.717) is 10.8 Å². The van der Waals surface area contributed by atoms with Crippen molar-refractivity contribution in [3.63, 3.8) is 0 Å². The van der Waals surface area contributed by atoms with Gasteiger partial charge in [-0.1, -0.05) is 47.7 Å². The molecule has 4 rings (SSSR count). The van der Waals surface area contributed by atoms with Gasteiger partial charge in [-0.25, -0.2) is 9.97 Å². The molecule has 0 spiro atoms. The minimum atomic E-state index is -0.873. The number of anilines is 2. The smallest absolute Gasteiger partial charge is 0.251 e. The van der Waals surface area contributed by atoms with Crippen molar-refractivity contribution in [2.24, 2.45) is 0 Å². The molecule has 0 radical (unpaired) electrons. The van der Waals surface area contributed by atoms with Gasteiger partial charge in [-0.2, -0.15) is 0 Å². The topological polar surface area (TPSA) is 91.3 Å². The molecule has 9 heteroatoms. The standard InChI is InChI=1S/C31H34N6O2S/c1-21-8-10-25(11-9-21)29(30(39)35-26-12-14-27(15-13-26)36(4)5)37(19-24-7-6-16-32-18-24)28(38)20-40-31-33-22(2)17-23(3)34-31/h6-18,29H,19-20H2,1-5H3,(H,35,39)/t29-/m0/s1. The molecule has 2 aromatic carbocycles. The molecule has 0 aliphatic carbocycles. The first-order valence-corrected chi connectivity index (χ1v) is 14.0. The highest BCUT2D eigenvalue weighted by molar-refractivity contribution is 7.99. The van der Waals surface area contributed by atoms with Crippen molar-refractivity contribution in [3.8, 4) is 0 Å². The van der Waals surface area contributed by atoms with Crippen LogP contribution in [0.4, 0.5) is 11.4 Å². The molecule has 0 saturated carbocycles. The number of nitrogens with one attached hydrogen (secondary N) is 1. The van der Waals surface area contributed by atoms with Crippen LogP contribution in [0.25, 0.3) is 0 Å². The molecule has 1 N–H and O–H groups in total. The second kappa shape index (κ2) is 13.2. The second-order valence-corrected chi connectivity index (χ2v) is 10.8. The van der Waals surface area contributed by atoms with Gasteiger partial charge < -0.3 is 15.1 Å². The van der Waals surface area contributed by atoms with Crippen LogP contribution in [0.15, 0.2) is 84.3 Å². The molecule has 40 heavy (non-hydrogen) atoms. The Morgan fingerprint density at radius 1 is 0.925 bits per heavy atom. The first-order chi connectivity index (χ1) is 19.2. The average molecular weight is 555 g/mol. The number of thioether (sulfide) groups is 1. The summed E-state index contributed by atoms with van der Waals surface area (Å²) in [6.07, 6.45) is 3.40. The molecule has 0 saturated heterocycles. The second-order valence-electron chi connectivity index (χ2n) is 9.85. The largest absolute Gasteiger partial charge is 0.378 e. The summed E-state index contributed by atoms with van der Waals surface area (Å²) in [5.41, 5.74) is 5.96. The van der Waals surface area contributed by atoms with Crippen molar-refractivity contribution in [2.45, 2.75) is 38.5 Å². The Hall–Kier alpha value is -4.24. The molecule has 0 aliphatic heterocycles. The van der Waals surface area contributed by atoms with Crippen molar-refractivity contribution < 1.29 is 9.59 Å². The van der Waals surface area contributed by atoms with Gasteiger partial charge in [0.05, 0.1) is 5.75 Å². The number of pyridine rings is 1. The summed E-state index contributed by atoms with van der Waals surface area (Å²) in [6.45, 7) is 6.01. The highest BCUT2D eigenvalue weighted by Gasteiger charge is 2.32. The number of benzene rings is 2. The van der Waals surface area contributed by atoms with E-state index in [4.69, 9.17) is 0 Å². The van der Waals surface area contributed by atoms with Gasteiger partial charge in [0.1, 0.15) is 6.04 Å². The highest BCUT2D eigenvalue weighted by Crippen LogP contribution is 2.28. The number of hydrogen-bond acceptors (Lipinski definition) is 7. The lowest BCUT2D eigenvalue weighted by molar-refractivity contribution is -0.137. The summed E-state index contributed by atoms with van der Waals surface area (Å²) in [6, 6.07) is 20.0. The number of carbonyl (C=O) groups is 2. The molecular formula is C31H34N6O2S. The van der Waals surface area contributed by atoms with E-state index in [9.17, 15) is 9.59 Å². The number of hydrogen-bond donors (Lipinski definition) is 1. The van der Waals surface area contributed by atoms with Crippen molar-refractivity contribution in [3.05, 3.63) is 107 Å². The maximum atomic E-state index is 14.0. The molecular weight excluding hydrogens is 520 g/mol. The third-order valence-corrected chi connectivity index (χ3v) is 7.12. The predicted octanol–water partition coefficient (Wildman–Crippen LogP) is 5.36. The number of nitrogens with zero attached hydrogens (tertiary/aromatic N) is 5. The zero-order valence-corrected chi connectivity index (χ0v) is 24.3. The number of carbonyl (C=O) groups excluding carboxylic acids is 2. The van der Waals surface area contributed by atoms with Gasteiger partial charge in [0.2, 0.25) is 5.91 Å². The third-order valence-electron chi connectivity index (χ3n) is 6.29. The summed E-state index contributed by atoms with van der Waals surface area (Å²) in [4.78, 5) is 44.6. The van der Waals surface area contributed by atoms with Gasteiger partial charge in [-0.15, -0.1) is 0 Å². The molecule has 1 atom stereocenters. The Morgan fingerprint density at radius 3 is 2.20 bits per heavy atom. The monoisotopic (exact) mass is 554 g/mol. The van der Waals surface area contributed by atoms with E-state index in [1.165, 1.54) is 11.8 Å². The first kappa shape index (κ1) is 28.8. The Balaban J connectivity index is 1.67. The van der Waals surface area contributed by atoms with E-state index >= 15 is 0 Å². The zero-order chi connectivity index (χ0) is 28.6. The van der Waals surface area contributed by atoms with Gasteiger partial charge in [0.15, 0.2) is 5.16 Å². The van der Waals surface area contributed by atoms with E-state index in [1.54, 1.807) is 17.3 Å². The molecule has 0 bridgehead atoms. The van der Waals surface area contributed by atoms with Crippen LogP contribution >= 0.6 is 11.8 Å². The molecule has 2 aromatic heterocycles. The van der Waals surface area contributed by atoms with Gasteiger partial charge in [0.25, 0.3) is 5.91 Å². The SMILES string of the molecule is Cc1ccc([C@@H](C(=O)Nc2ccc(N(C)C)cc2)N(Cc2cccnc2)C(=O)CSc2nc(C)cc(C)n2)cc1. The summed E-state index contributed by atoms with van der Waals surface area (Å²) in [5.74, 6) is -0.428. The van der Waals surface area contributed by atoms with Gasteiger partial charge in [0, 0.05) is 55.8 Å². The van der Waals surface area contributed by atoms with Gasteiger partial charge >= 0.3 is 0 Å². The van der Waals surface area contributed by atoms with Gasteiger partial charge in [-0.05, 0) is 68.3 Å². The zero-order valence-electron chi connectivity index (χ0n) is 23.5. The van der Waals surface area contributed by atoms with E-state index in [1.807, 2.05) is 106 Å². The van der Waals surface area contributed by atoms with E-state index in [-0.39, 0.29) is 24.1 Å². The fourth-order valence-corrected chi connectivity index (χ4v) is 5.09. The van der Waals surface area contributed by atoms with Crippen LogP contribution in [-0.2, 0) is 16.1 Å². The minimum Gasteiger partial charge on any atom is -0.378 e. The molecule has 0 aliphatic rings. The normalized spacial score (nSPS) is 11.5. The number of rotatable bonds is 10. The molecule has 206 valence electrons. The Bertz CT molecular complexity index is 1420.